The van der Waals surface area contributed by atoms with Crippen molar-refractivity contribution in [2.45, 2.75) is 38.7 Å². The molecule has 0 bridgehead atoms. The quantitative estimate of drug-likeness (QED) is 0.875. The maximum Gasteiger partial charge on any atom is 0.250 e. The highest BCUT2D eigenvalue weighted by Gasteiger charge is 2.40. The summed E-state index contributed by atoms with van der Waals surface area (Å²) in [5, 5.41) is 3.34. The van der Waals surface area contributed by atoms with Crippen LogP contribution >= 0.6 is 0 Å². The Morgan fingerprint density at radius 3 is 2.67 bits per heavy atom. The van der Waals surface area contributed by atoms with E-state index in [-0.39, 0.29) is 17.8 Å². The molecular formula is C14H19FN2O. The molecule has 1 N–H and O–H groups in total. The third kappa shape index (κ3) is 2.21. The number of ether oxygens (including phenoxy) is 1. The summed E-state index contributed by atoms with van der Waals surface area (Å²) in [5.41, 5.74) is 1.34. The molecule has 3 rings (SSSR count). The van der Waals surface area contributed by atoms with E-state index in [1.807, 2.05) is 6.92 Å². The highest BCUT2D eigenvalue weighted by Crippen LogP contribution is 2.40. The van der Waals surface area contributed by atoms with Crippen LogP contribution < -0.4 is 10.1 Å². The number of rotatable bonds is 2. The first-order valence-electron chi connectivity index (χ1n) is 6.66. The molecule has 2 heterocycles. The van der Waals surface area contributed by atoms with Crippen LogP contribution in [0, 0.1) is 18.2 Å². The molecule has 0 aromatic carbocycles. The fourth-order valence-corrected chi connectivity index (χ4v) is 2.92. The van der Waals surface area contributed by atoms with E-state index in [1.165, 1.54) is 18.9 Å². The zero-order valence-electron chi connectivity index (χ0n) is 10.7. The second-order valence-corrected chi connectivity index (χ2v) is 5.72. The van der Waals surface area contributed by atoms with Crippen LogP contribution in [0.2, 0.25) is 0 Å². The average Bonchev–Trinajstić information content (AvgIpc) is 2.32. The molecule has 0 unspecified atom stereocenters. The highest BCUT2D eigenvalue weighted by atomic mass is 19.1. The molecule has 2 fully saturated rings. The normalized spacial score (nSPS) is 22.8. The van der Waals surface area contributed by atoms with Crippen LogP contribution in [0.5, 0.6) is 5.88 Å². The predicted molar refractivity (Wildman–Crippen MR) is 67.1 cm³/mol. The summed E-state index contributed by atoms with van der Waals surface area (Å²) in [6, 6.07) is 1.47. The minimum Gasteiger partial charge on any atom is -0.472 e. The molecule has 18 heavy (non-hydrogen) atoms. The Morgan fingerprint density at radius 1 is 1.39 bits per heavy atom. The van der Waals surface area contributed by atoms with Gasteiger partial charge in [0.05, 0.1) is 0 Å². The maximum absolute atomic E-state index is 13.6. The summed E-state index contributed by atoms with van der Waals surface area (Å²) < 4.78 is 19.3. The van der Waals surface area contributed by atoms with Gasteiger partial charge >= 0.3 is 0 Å². The van der Waals surface area contributed by atoms with E-state index in [4.69, 9.17) is 4.74 Å². The fourth-order valence-electron chi connectivity index (χ4n) is 2.92. The molecule has 1 saturated heterocycles. The molecule has 1 saturated carbocycles. The number of nitrogens with one attached hydrogen (secondary N) is 1. The van der Waals surface area contributed by atoms with Crippen LogP contribution in [0.15, 0.2) is 12.3 Å². The highest BCUT2D eigenvalue weighted by molar-refractivity contribution is 5.19. The van der Waals surface area contributed by atoms with Gasteiger partial charge in [-0.2, -0.15) is 0 Å². The summed E-state index contributed by atoms with van der Waals surface area (Å²) in [7, 11) is 0. The minimum atomic E-state index is -0.347. The number of nitrogens with zero attached hydrogens (tertiary/aromatic N) is 1. The Kier molecular flexibility index (Phi) is 2.98. The Labute approximate surface area is 107 Å². The molecule has 0 amide bonds. The van der Waals surface area contributed by atoms with E-state index in [0.29, 0.717) is 5.41 Å². The lowest BCUT2D eigenvalue weighted by Crippen LogP contribution is -2.55. The Balaban J connectivity index is 1.60. The van der Waals surface area contributed by atoms with Crippen molar-refractivity contribution < 1.29 is 9.13 Å². The third-order valence-electron chi connectivity index (χ3n) is 4.22. The molecule has 4 heteroatoms. The lowest BCUT2D eigenvalue weighted by atomic mass is 9.69. The van der Waals surface area contributed by atoms with Gasteiger partial charge in [-0.15, -0.1) is 0 Å². The predicted octanol–water partition coefficient (Wildman–Crippen LogP) is 2.44. The lowest BCUT2D eigenvalue weighted by molar-refractivity contribution is 0.0384. The molecule has 1 aliphatic carbocycles. The zero-order valence-corrected chi connectivity index (χ0v) is 10.7. The van der Waals surface area contributed by atoms with Gasteiger partial charge in [0.2, 0.25) is 0 Å². The van der Waals surface area contributed by atoms with Crippen molar-refractivity contribution in [3.05, 3.63) is 23.6 Å². The van der Waals surface area contributed by atoms with Gasteiger partial charge < -0.3 is 10.1 Å². The van der Waals surface area contributed by atoms with Gasteiger partial charge in [0.1, 0.15) is 6.10 Å². The molecule has 1 aromatic rings. The van der Waals surface area contributed by atoms with Crippen LogP contribution in [0.25, 0.3) is 0 Å². The van der Waals surface area contributed by atoms with E-state index in [2.05, 4.69) is 10.3 Å². The summed E-state index contributed by atoms with van der Waals surface area (Å²) in [5.74, 6) is -0.186. The number of halogens is 1. The van der Waals surface area contributed by atoms with Gasteiger partial charge in [-0.3, -0.25) is 0 Å². The van der Waals surface area contributed by atoms with E-state index in [0.717, 1.165) is 31.5 Å². The zero-order chi connectivity index (χ0) is 12.6. The second kappa shape index (κ2) is 4.50. The van der Waals surface area contributed by atoms with Crippen LogP contribution in [0.4, 0.5) is 4.39 Å². The monoisotopic (exact) mass is 250 g/mol. The van der Waals surface area contributed by atoms with Crippen LogP contribution in [0.3, 0.4) is 0 Å². The minimum absolute atomic E-state index is 0.126. The van der Waals surface area contributed by atoms with Gasteiger partial charge in [-0.05, 0) is 49.7 Å². The first-order chi connectivity index (χ1) is 8.67. The topological polar surface area (TPSA) is 34.1 Å². The van der Waals surface area contributed by atoms with Gasteiger partial charge in [-0.25, -0.2) is 9.37 Å². The summed E-state index contributed by atoms with van der Waals surface area (Å²) in [4.78, 5) is 4.03. The van der Waals surface area contributed by atoms with Gasteiger partial charge in [0.25, 0.3) is 5.88 Å². The van der Waals surface area contributed by atoms with Crippen molar-refractivity contribution in [2.75, 3.05) is 13.1 Å². The summed E-state index contributed by atoms with van der Waals surface area (Å²) >= 11 is 0. The average molecular weight is 250 g/mol. The van der Waals surface area contributed by atoms with Crippen molar-refractivity contribution in [1.29, 1.82) is 0 Å². The standard InChI is InChI=1S/C14H19FN2O/c1-10-6-12(15)13(17-7-10)18-11-2-4-14(5-3-11)8-16-9-14/h6-7,11,16H,2-5,8-9H2,1H3. The molecule has 0 radical (unpaired) electrons. The van der Waals surface area contributed by atoms with Crippen molar-refractivity contribution in [3.8, 4) is 5.88 Å². The lowest BCUT2D eigenvalue weighted by Gasteiger charge is -2.47. The summed E-state index contributed by atoms with van der Waals surface area (Å²) in [6.45, 7) is 4.10. The molecule has 1 aromatic heterocycles. The number of aromatic nitrogens is 1. The van der Waals surface area contributed by atoms with E-state index in [1.54, 1.807) is 6.20 Å². The summed E-state index contributed by atoms with van der Waals surface area (Å²) in [6.07, 6.45) is 6.16. The molecular weight excluding hydrogens is 231 g/mol. The van der Waals surface area contributed by atoms with Crippen molar-refractivity contribution >= 4 is 0 Å². The first kappa shape index (κ1) is 11.9. The number of pyridine rings is 1. The molecule has 1 aliphatic heterocycles. The van der Waals surface area contributed by atoms with Crippen LogP contribution in [-0.4, -0.2) is 24.2 Å². The Bertz CT molecular complexity index is 435. The van der Waals surface area contributed by atoms with Gasteiger partial charge in [0, 0.05) is 19.3 Å². The van der Waals surface area contributed by atoms with E-state index in [9.17, 15) is 4.39 Å². The fraction of sp³-hybridized carbons (Fsp3) is 0.643. The smallest absolute Gasteiger partial charge is 0.250 e. The second-order valence-electron chi connectivity index (χ2n) is 5.72. The molecule has 3 nitrogen and oxygen atoms in total. The van der Waals surface area contributed by atoms with Crippen LogP contribution in [-0.2, 0) is 0 Å². The van der Waals surface area contributed by atoms with Crippen LogP contribution in [0.1, 0.15) is 31.2 Å². The molecule has 0 atom stereocenters. The van der Waals surface area contributed by atoms with Crippen molar-refractivity contribution in [2.24, 2.45) is 5.41 Å². The number of aryl methyl sites for hydroxylation is 1. The van der Waals surface area contributed by atoms with E-state index >= 15 is 0 Å². The number of hydrogen-bond donors (Lipinski definition) is 1. The largest absolute Gasteiger partial charge is 0.472 e. The van der Waals surface area contributed by atoms with Crippen molar-refractivity contribution in [1.82, 2.24) is 10.3 Å². The van der Waals surface area contributed by atoms with E-state index < -0.39 is 0 Å². The Hall–Kier alpha value is -1.16. The SMILES string of the molecule is Cc1cnc(OC2CCC3(CC2)CNC3)c(F)c1. The van der Waals surface area contributed by atoms with Gasteiger partial charge in [0.15, 0.2) is 5.82 Å². The molecule has 98 valence electrons. The number of hydrogen-bond acceptors (Lipinski definition) is 3. The maximum atomic E-state index is 13.6. The first-order valence-corrected chi connectivity index (χ1v) is 6.66. The third-order valence-corrected chi connectivity index (χ3v) is 4.22. The molecule has 2 aliphatic rings. The Morgan fingerprint density at radius 2 is 2.11 bits per heavy atom. The van der Waals surface area contributed by atoms with Gasteiger partial charge in [-0.1, -0.05) is 0 Å². The molecule has 1 spiro atoms. The van der Waals surface area contributed by atoms with Crippen molar-refractivity contribution in [3.63, 3.8) is 0 Å².